The highest BCUT2D eigenvalue weighted by molar-refractivity contribution is 5.44. The fourth-order valence-electron chi connectivity index (χ4n) is 2.97. The van der Waals surface area contributed by atoms with E-state index >= 15 is 0 Å². The number of benzene rings is 1. The minimum atomic E-state index is 0.238. The lowest BCUT2D eigenvalue weighted by molar-refractivity contribution is 0.114. The van der Waals surface area contributed by atoms with Gasteiger partial charge in [0.05, 0.1) is 13.7 Å². The summed E-state index contributed by atoms with van der Waals surface area (Å²) >= 11 is 0. The van der Waals surface area contributed by atoms with Gasteiger partial charge in [-0.2, -0.15) is 0 Å². The van der Waals surface area contributed by atoms with Gasteiger partial charge in [-0.15, -0.1) is 0 Å². The Hall–Kier alpha value is -1.30. The number of nitrogens with zero attached hydrogens (tertiary/aromatic N) is 2. The van der Waals surface area contributed by atoms with Crippen LogP contribution in [0.25, 0.3) is 0 Å². The van der Waals surface area contributed by atoms with Crippen molar-refractivity contribution in [1.82, 2.24) is 9.80 Å². The normalized spacial score (nSPS) is 17.9. The molecule has 1 fully saturated rings. The number of rotatable bonds is 8. The molecule has 1 unspecified atom stereocenters. The van der Waals surface area contributed by atoms with Gasteiger partial charge in [0.1, 0.15) is 0 Å². The molecule has 5 nitrogen and oxygen atoms in total. The zero-order valence-corrected chi connectivity index (χ0v) is 14.8. The van der Waals surface area contributed by atoms with Gasteiger partial charge in [0.25, 0.3) is 0 Å². The highest BCUT2D eigenvalue weighted by atomic mass is 16.5. The molecule has 0 amide bonds. The van der Waals surface area contributed by atoms with Gasteiger partial charge >= 0.3 is 0 Å². The van der Waals surface area contributed by atoms with Crippen molar-refractivity contribution in [2.24, 2.45) is 5.73 Å². The summed E-state index contributed by atoms with van der Waals surface area (Å²) in [7, 11) is 3.86. The molecule has 0 bridgehead atoms. The van der Waals surface area contributed by atoms with E-state index in [9.17, 15) is 0 Å². The number of ether oxygens (including phenoxy) is 2. The van der Waals surface area contributed by atoms with Crippen molar-refractivity contribution in [1.29, 1.82) is 0 Å². The molecule has 2 N–H and O–H groups in total. The van der Waals surface area contributed by atoms with Crippen LogP contribution in [0.4, 0.5) is 0 Å². The lowest BCUT2D eigenvalue weighted by Gasteiger charge is -2.37. The SMILES string of the molecule is CCCCOc1ccc(C(CN)N2CCN(C)CC2)cc1OC. The Labute approximate surface area is 140 Å². The van der Waals surface area contributed by atoms with Gasteiger partial charge in [-0.05, 0) is 31.2 Å². The van der Waals surface area contributed by atoms with Crippen LogP contribution in [0.3, 0.4) is 0 Å². The number of hydrogen-bond donors (Lipinski definition) is 1. The van der Waals surface area contributed by atoms with Crippen molar-refractivity contribution in [2.75, 3.05) is 53.5 Å². The van der Waals surface area contributed by atoms with E-state index in [2.05, 4.69) is 35.9 Å². The summed E-state index contributed by atoms with van der Waals surface area (Å²) in [6.07, 6.45) is 2.18. The first kappa shape index (κ1) is 18.0. The molecule has 0 aromatic heterocycles. The quantitative estimate of drug-likeness (QED) is 0.743. The summed E-state index contributed by atoms with van der Waals surface area (Å²) in [6.45, 7) is 7.78. The first-order valence-corrected chi connectivity index (χ1v) is 8.63. The Kier molecular flexibility index (Phi) is 7.15. The lowest BCUT2D eigenvalue weighted by atomic mass is 10.0. The van der Waals surface area contributed by atoms with E-state index in [1.807, 2.05) is 6.07 Å². The van der Waals surface area contributed by atoms with Gasteiger partial charge in [0, 0.05) is 38.8 Å². The first-order chi connectivity index (χ1) is 11.2. The number of likely N-dealkylation sites (N-methyl/N-ethyl adjacent to an activating group) is 1. The van der Waals surface area contributed by atoms with Crippen molar-refractivity contribution >= 4 is 0 Å². The van der Waals surface area contributed by atoms with Crippen LogP contribution in [0.1, 0.15) is 31.4 Å². The smallest absolute Gasteiger partial charge is 0.161 e. The Morgan fingerprint density at radius 3 is 2.52 bits per heavy atom. The summed E-state index contributed by atoms with van der Waals surface area (Å²) < 4.78 is 11.3. The molecule has 1 aromatic rings. The molecule has 0 saturated carbocycles. The molecule has 1 saturated heterocycles. The van der Waals surface area contributed by atoms with Gasteiger partial charge in [-0.3, -0.25) is 4.90 Å². The van der Waals surface area contributed by atoms with Crippen molar-refractivity contribution < 1.29 is 9.47 Å². The lowest BCUT2D eigenvalue weighted by Crippen LogP contribution is -2.47. The average molecular weight is 321 g/mol. The molecule has 1 heterocycles. The van der Waals surface area contributed by atoms with Crippen LogP contribution in [0, 0.1) is 0 Å². The third kappa shape index (κ3) is 4.83. The fourth-order valence-corrected chi connectivity index (χ4v) is 2.97. The second kappa shape index (κ2) is 9.11. The second-order valence-electron chi connectivity index (χ2n) is 6.20. The third-order valence-electron chi connectivity index (χ3n) is 4.53. The van der Waals surface area contributed by atoms with Crippen molar-refractivity contribution in [3.8, 4) is 11.5 Å². The molecule has 0 spiro atoms. The van der Waals surface area contributed by atoms with Crippen LogP contribution in [-0.2, 0) is 0 Å². The summed E-state index contributed by atoms with van der Waals surface area (Å²) in [5.41, 5.74) is 7.28. The molecular formula is C18H31N3O2. The van der Waals surface area contributed by atoms with E-state index in [4.69, 9.17) is 15.2 Å². The van der Waals surface area contributed by atoms with E-state index in [-0.39, 0.29) is 6.04 Å². The summed E-state index contributed by atoms with van der Waals surface area (Å²) in [5, 5.41) is 0. The molecule has 130 valence electrons. The maximum atomic E-state index is 6.07. The van der Waals surface area contributed by atoms with E-state index < -0.39 is 0 Å². The van der Waals surface area contributed by atoms with Crippen LogP contribution in [0.5, 0.6) is 11.5 Å². The van der Waals surface area contributed by atoms with Gasteiger partial charge in [0.2, 0.25) is 0 Å². The van der Waals surface area contributed by atoms with E-state index in [0.29, 0.717) is 6.54 Å². The molecular weight excluding hydrogens is 290 g/mol. The van der Waals surface area contributed by atoms with Crippen LogP contribution >= 0.6 is 0 Å². The maximum Gasteiger partial charge on any atom is 0.161 e. The summed E-state index contributed by atoms with van der Waals surface area (Å²) in [6, 6.07) is 6.46. The summed E-state index contributed by atoms with van der Waals surface area (Å²) in [5.74, 6) is 1.62. The van der Waals surface area contributed by atoms with E-state index in [1.54, 1.807) is 7.11 Å². The molecule has 0 aliphatic carbocycles. The first-order valence-electron chi connectivity index (χ1n) is 8.63. The van der Waals surface area contributed by atoms with E-state index in [1.165, 1.54) is 5.56 Å². The van der Waals surface area contributed by atoms with Crippen LogP contribution in [0.2, 0.25) is 0 Å². The predicted molar refractivity (Wildman–Crippen MR) is 94.3 cm³/mol. The van der Waals surface area contributed by atoms with E-state index in [0.717, 1.165) is 57.1 Å². The second-order valence-corrected chi connectivity index (χ2v) is 6.20. The van der Waals surface area contributed by atoms with Gasteiger partial charge in [0.15, 0.2) is 11.5 Å². The number of piperazine rings is 1. The molecule has 23 heavy (non-hydrogen) atoms. The van der Waals surface area contributed by atoms with Gasteiger partial charge in [-0.25, -0.2) is 0 Å². The van der Waals surface area contributed by atoms with Crippen LogP contribution < -0.4 is 15.2 Å². The van der Waals surface area contributed by atoms with Crippen LogP contribution in [-0.4, -0.2) is 63.3 Å². The Bertz CT molecular complexity index is 473. The number of nitrogens with two attached hydrogens (primary N) is 1. The molecule has 1 aliphatic rings. The Morgan fingerprint density at radius 2 is 1.91 bits per heavy atom. The Balaban J connectivity index is 2.10. The van der Waals surface area contributed by atoms with Crippen LogP contribution in [0.15, 0.2) is 18.2 Å². The predicted octanol–water partition coefficient (Wildman–Crippen LogP) is 2.12. The monoisotopic (exact) mass is 321 g/mol. The zero-order chi connectivity index (χ0) is 16.7. The summed E-state index contributed by atoms with van der Waals surface area (Å²) in [4.78, 5) is 4.82. The number of methoxy groups -OCH3 is 1. The minimum absolute atomic E-state index is 0.238. The van der Waals surface area contributed by atoms with Gasteiger partial charge in [-0.1, -0.05) is 19.4 Å². The topological polar surface area (TPSA) is 51.0 Å². The highest BCUT2D eigenvalue weighted by Crippen LogP contribution is 2.32. The third-order valence-corrected chi connectivity index (χ3v) is 4.53. The molecule has 1 aliphatic heterocycles. The number of unbranched alkanes of at least 4 members (excludes halogenated alkanes) is 1. The largest absolute Gasteiger partial charge is 0.493 e. The molecule has 1 atom stereocenters. The van der Waals surface area contributed by atoms with Crippen molar-refractivity contribution in [3.63, 3.8) is 0 Å². The average Bonchev–Trinajstić information content (AvgIpc) is 2.58. The zero-order valence-electron chi connectivity index (χ0n) is 14.8. The molecule has 1 aromatic carbocycles. The fraction of sp³-hybridized carbons (Fsp3) is 0.667. The van der Waals surface area contributed by atoms with Gasteiger partial charge < -0.3 is 20.1 Å². The molecule has 2 rings (SSSR count). The number of hydrogen-bond acceptors (Lipinski definition) is 5. The maximum absolute atomic E-state index is 6.07. The highest BCUT2D eigenvalue weighted by Gasteiger charge is 2.23. The Morgan fingerprint density at radius 1 is 1.17 bits per heavy atom. The standard InChI is InChI=1S/C18H31N3O2/c1-4-5-12-23-17-7-6-15(13-18(17)22-3)16(14-19)21-10-8-20(2)9-11-21/h6-7,13,16H,4-5,8-12,14,19H2,1-3H3. The minimum Gasteiger partial charge on any atom is -0.493 e. The van der Waals surface area contributed by atoms with Crippen molar-refractivity contribution in [2.45, 2.75) is 25.8 Å². The van der Waals surface area contributed by atoms with Crippen molar-refractivity contribution in [3.05, 3.63) is 23.8 Å². The molecule has 5 heteroatoms. The molecule has 0 radical (unpaired) electrons.